The molecule has 0 N–H and O–H groups in total. The molecule has 1 aromatic carbocycles. The standard InChI is InChI=1S/C11H8O/c1-4-9-6-7-10(5-2)11(8-9)12-3/h1-2,6-8H,3H3. The van der Waals surface area contributed by atoms with Crippen molar-refractivity contribution in [1.29, 1.82) is 0 Å². The molecule has 0 radical (unpaired) electrons. The van der Waals surface area contributed by atoms with Gasteiger partial charge in [-0.25, -0.2) is 0 Å². The van der Waals surface area contributed by atoms with Crippen molar-refractivity contribution in [3.63, 3.8) is 0 Å². The van der Waals surface area contributed by atoms with E-state index in [1.807, 2.05) is 0 Å². The molecular formula is C11H8O. The molecule has 0 bridgehead atoms. The Hall–Kier alpha value is -1.86. The van der Waals surface area contributed by atoms with Crippen LogP contribution in [0.5, 0.6) is 5.75 Å². The predicted molar refractivity (Wildman–Crippen MR) is 48.9 cm³/mol. The lowest BCUT2D eigenvalue weighted by atomic mass is 10.1. The van der Waals surface area contributed by atoms with Crippen molar-refractivity contribution in [3.05, 3.63) is 29.3 Å². The molecule has 58 valence electrons. The van der Waals surface area contributed by atoms with Crippen LogP contribution in [0.2, 0.25) is 0 Å². The molecule has 0 spiro atoms. The van der Waals surface area contributed by atoms with Crippen LogP contribution >= 0.6 is 0 Å². The first-order chi connectivity index (χ1) is 5.81. The Morgan fingerprint density at radius 2 is 2.00 bits per heavy atom. The second-order valence-corrected chi connectivity index (χ2v) is 2.20. The number of hydrogen-bond donors (Lipinski definition) is 0. The van der Waals surface area contributed by atoms with Gasteiger partial charge >= 0.3 is 0 Å². The maximum Gasteiger partial charge on any atom is 0.135 e. The molecule has 0 atom stereocenters. The van der Waals surface area contributed by atoms with Gasteiger partial charge in [-0.2, -0.15) is 0 Å². The lowest BCUT2D eigenvalue weighted by Crippen LogP contribution is -1.88. The number of benzene rings is 1. The van der Waals surface area contributed by atoms with Gasteiger partial charge < -0.3 is 4.74 Å². The van der Waals surface area contributed by atoms with E-state index in [9.17, 15) is 0 Å². The van der Waals surface area contributed by atoms with Crippen LogP contribution in [0.3, 0.4) is 0 Å². The minimum atomic E-state index is 0.646. The highest BCUT2D eigenvalue weighted by Gasteiger charge is 1.99. The Labute approximate surface area is 72.4 Å². The Morgan fingerprint density at radius 1 is 1.25 bits per heavy atom. The van der Waals surface area contributed by atoms with Crippen LogP contribution in [0.25, 0.3) is 0 Å². The maximum absolute atomic E-state index is 5.24. The SMILES string of the molecule is C#Cc1ccc(C#C)c(OC)c1. The van der Waals surface area contributed by atoms with Crippen LogP contribution in [-0.4, -0.2) is 7.11 Å². The van der Waals surface area contributed by atoms with Crippen LogP contribution in [0, 0.1) is 24.7 Å². The summed E-state index contributed by atoms with van der Waals surface area (Å²) in [6.45, 7) is 0. The molecule has 1 rings (SSSR count). The zero-order valence-corrected chi connectivity index (χ0v) is 6.79. The highest BCUT2D eigenvalue weighted by atomic mass is 16.5. The summed E-state index contributed by atoms with van der Waals surface area (Å²) in [5, 5.41) is 0. The molecule has 0 aliphatic rings. The highest BCUT2D eigenvalue weighted by molar-refractivity contribution is 5.50. The smallest absolute Gasteiger partial charge is 0.135 e. The Morgan fingerprint density at radius 3 is 2.50 bits per heavy atom. The fourth-order valence-corrected chi connectivity index (χ4v) is 0.900. The third-order valence-corrected chi connectivity index (χ3v) is 1.52. The first-order valence-corrected chi connectivity index (χ1v) is 3.43. The molecule has 0 saturated heterocycles. The van der Waals surface area contributed by atoms with Gasteiger partial charge in [0.25, 0.3) is 0 Å². The molecule has 0 heterocycles. The van der Waals surface area contributed by atoms with Gasteiger partial charge in [0.1, 0.15) is 5.75 Å². The van der Waals surface area contributed by atoms with E-state index in [1.165, 1.54) is 0 Å². The van der Waals surface area contributed by atoms with E-state index in [4.69, 9.17) is 17.6 Å². The van der Waals surface area contributed by atoms with Gasteiger partial charge in [0.2, 0.25) is 0 Å². The topological polar surface area (TPSA) is 9.23 Å². The zero-order chi connectivity index (χ0) is 8.97. The van der Waals surface area contributed by atoms with Crippen molar-refractivity contribution in [2.24, 2.45) is 0 Å². The van der Waals surface area contributed by atoms with Crippen LogP contribution in [-0.2, 0) is 0 Å². The van der Waals surface area contributed by atoms with Gasteiger partial charge in [-0.15, -0.1) is 12.8 Å². The molecule has 0 amide bonds. The Bertz CT molecular complexity index is 364. The lowest BCUT2D eigenvalue weighted by molar-refractivity contribution is 0.413. The van der Waals surface area contributed by atoms with E-state index in [0.717, 1.165) is 11.1 Å². The third kappa shape index (κ3) is 1.41. The number of ether oxygens (including phenoxy) is 1. The highest BCUT2D eigenvalue weighted by Crippen LogP contribution is 2.18. The van der Waals surface area contributed by atoms with E-state index in [0.29, 0.717) is 5.75 Å². The molecular weight excluding hydrogens is 148 g/mol. The molecule has 0 fully saturated rings. The number of methoxy groups -OCH3 is 1. The third-order valence-electron chi connectivity index (χ3n) is 1.52. The van der Waals surface area contributed by atoms with Gasteiger partial charge in [0.05, 0.1) is 12.7 Å². The van der Waals surface area contributed by atoms with Crippen molar-refractivity contribution in [2.45, 2.75) is 0 Å². The zero-order valence-electron chi connectivity index (χ0n) is 6.79. The number of terminal acetylenes is 2. The molecule has 12 heavy (non-hydrogen) atoms. The summed E-state index contributed by atoms with van der Waals surface area (Å²) >= 11 is 0. The summed E-state index contributed by atoms with van der Waals surface area (Å²) in [7, 11) is 1.57. The molecule has 0 saturated carbocycles. The minimum absolute atomic E-state index is 0.646. The van der Waals surface area contributed by atoms with Crippen molar-refractivity contribution in [3.8, 4) is 30.4 Å². The Kier molecular flexibility index (Phi) is 2.41. The van der Waals surface area contributed by atoms with Gasteiger partial charge in [-0.3, -0.25) is 0 Å². The first kappa shape index (κ1) is 8.24. The number of hydrogen-bond acceptors (Lipinski definition) is 1. The van der Waals surface area contributed by atoms with Gasteiger partial charge in [-0.05, 0) is 18.2 Å². The largest absolute Gasteiger partial charge is 0.495 e. The van der Waals surface area contributed by atoms with Gasteiger partial charge in [0.15, 0.2) is 0 Å². The first-order valence-electron chi connectivity index (χ1n) is 3.43. The summed E-state index contributed by atoms with van der Waals surface area (Å²) in [4.78, 5) is 0. The van der Waals surface area contributed by atoms with E-state index >= 15 is 0 Å². The van der Waals surface area contributed by atoms with Crippen LogP contribution < -0.4 is 4.74 Å². The molecule has 0 aliphatic carbocycles. The summed E-state index contributed by atoms with van der Waals surface area (Å²) in [6.07, 6.45) is 10.4. The van der Waals surface area contributed by atoms with Crippen molar-refractivity contribution in [2.75, 3.05) is 7.11 Å². The quantitative estimate of drug-likeness (QED) is 0.562. The molecule has 1 aromatic rings. The van der Waals surface area contributed by atoms with E-state index in [1.54, 1.807) is 25.3 Å². The molecule has 0 aromatic heterocycles. The van der Waals surface area contributed by atoms with E-state index < -0.39 is 0 Å². The summed E-state index contributed by atoms with van der Waals surface area (Å²) in [5.41, 5.74) is 1.49. The second-order valence-electron chi connectivity index (χ2n) is 2.20. The van der Waals surface area contributed by atoms with Crippen molar-refractivity contribution >= 4 is 0 Å². The molecule has 0 unspecified atom stereocenters. The molecule has 1 nitrogen and oxygen atoms in total. The average molecular weight is 156 g/mol. The van der Waals surface area contributed by atoms with Crippen molar-refractivity contribution < 1.29 is 4.74 Å². The van der Waals surface area contributed by atoms with Gasteiger partial charge in [0, 0.05) is 5.56 Å². The Balaban J connectivity index is 3.24. The molecule has 1 heteroatoms. The fourth-order valence-electron chi connectivity index (χ4n) is 0.900. The van der Waals surface area contributed by atoms with Crippen LogP contribution in [0.1, 0.15) is 11.1 Å². The number of rotatable bonds is 1. The normalized spacial score (nSPS) is 8.25. The predicted octanol–water partition coefficient (Wildman–Crippen LogP) is 1.66. The van der Waals surface area contributed by atoms with Gasteiger partial charge in [-0.1, -0.05) is 11.8 Å². The van der Waals surface area contributed by atoms with Crippen LogP contribution in [0.15, 0.2) is 18.2 Å². The summed E-state index contributed by atoms with van der Waals surface area (Å²) in [6, 6.07) is 5.31. The summed E-state index contributed by atoms with van der Waals surface area (Å²) in [5.74, 6) is 5.65. The molecule has 0 aliphatic heterocycles. The fraction of sp³-hybridized carbons (Fsp3) is 0.0909. The maximum atomic E-state index is 5.24. The monoisotopic (exact) mass is 156 g/mol. The second kappa shape index (κ2) is 3.51. The van der Waals surface area contributed by atoms with E-state index in [-0.39, 0.29) is 0 Å². The van der Waals surface area contributed by atoms with Crippen molar-refractivity contribution in [1.82, 2.24) is 0 Å². The average Bonchev–Trinajstić information content (AvgIpc) is 2.16. The van der Waals surface area contributed by atoms with E-state index in [2.05, 4.69) is 11.8 Å². The lowest BCUT2D eigenvalue weighted by Gasteiger charge is -2.02. The summed E-state index contributed by atoms with van der Waals surface area (Å²) < 4.78 is 5.04. The minimum Gasteiger partial charge on any atom is -0.495 e. The van der Waals surface area contributed by atoms with Crippen LogP contribution in [0.4, 0.5) is 0 Å².